The number of thioether (sulfide) groups is 1. The van der Waals surface area contributed by atoms with Crippen molar-refractivity contribution in [2.75, 3.05) is 19.5 Å². The van der Waals surface area contributed by atoms with Crippen molar-refractivity contribution >= 4 is 75.5 Å². The molecule has 0 radical (unpaired) electrons. The topological polar surface area (TPSA) is 353 Å². The summed E-state index contributed by atoms with van der Waals surface area (Å²) < 4.78 is 40.1. The molecule has 3 aliphatic rings. The Hall–Kier alpha value is -4.60. The number of amides is 1. The van der Waals surface area contributed by atoms with Gasteiger partial charge in [-0.1, -0.05) is 43.9 Å². The molecule has 352 valence electrons. The summed E-state index contributed by atoms with van der Waals surface area (Å²) >= 11 is 6.02. The molecule has 0 aromatic heterocycles. The van der Waals surface area contributed by atoms with E-state index >= 15 is 0 Å². The van der Waals surface area contributed by atoms with Gasteiger partial charge in [0.25, 0.3) is 0 Å². The van der Waals surface area contributed by atoms with Gasteiger partial charge in [-0.2, -0.15) is 0 Å². The molecule has 0 aromatic carbocycles. The van der Waals surface area contributed by atoms with E-state index in [-0.39, 0.29) is 22.2 Å². The number of aliphatic carboxylic acids is 2. The lowest BCUT2D eigenvalue weighted by molar-refractivity contribution is -0.345. The Kier molecular flexibility index (Phi) is 18.3. The average molecular weight is 936 g/mol. The van der Waals surface area contributed by atoms with E-state index in [2.05, 4.69) is 10.6 Å². The summed E-state index contributed by atoms with van der Waals surface area (Å²) in [6.07, 6.45) is -15.9. The molecule has 1 amide bonds. The first-order chi connectivity index (χ1) is 29.2. The second-order valence-electron chi connectivity index (χ2n) is 15.1. The van der Waals surface area contributed by atoms with Gasteiger partial charge < -0.3 is 74.4 Å². The molecule has 2 aliphatic heterocycles. The molecule has 2 heterocycles. The van der Waals surface area contributed by atoms with Crippen LogP contribution in [0, 0.1) is 11.3 Å². The number of ketones is 1. The number of nitrogens with one attached hydrogen (secondary N) is 3. The van der Waals surface area contributed by atoms with Crippen LogP contribution in [0.4, 0.5) is 0 Å². The maximum Gasteiger partial charge on any atom is 0.354 e. The van der Waals surface area contributed by atoms with Gasteiger partial charge in [0.15, 0.2) is 29.4 Å². The van der Waals surface area contributed by atoms with Crippen molar-refractivity contribution in [3.05, 3.63) is 23.1 Å². The number of aliphatic hydroxyl groups excluding tert-OH is 2. The smallest absolute Gasteiger partial charge is 0.354 e. The molecule has 63 heavy (non-hydrogen) atoms. The first kappa shape index (κ1) is 52.7. The third-order valence-electron chi connectivity index (χ3n) is 10.4. The molecule has 0 spiro atoms. The molecule has 0 saturated carbocycles. The summed E-state index contributed by atoms with van der Waals surface area (Å²) in [6.45, 7) is 8.64. The van der Waals surface area contributed by atoms with Crippen molar-refractivity contribution in [2.24, 2.45) is 5.92 Å². The number of carbonyl (C=O) groups is 7. The maximum atomic E-state index is 13.9. The zero-order valence-electron chi connectivity index (χ0n) is 35.5. The summed E-state index contributed by atoms with van der Waals surface area (Å²) in [5, 5.41) is 79.0. The van der Waals surface area contributed by atoms with Crippen LogP contribution >= 0.6 is 24.0 Å². The minimum absolute atomic E-state index is 0.164. The first-order valence-electron chi connectivity index (χ1n) is 19.3. The predicted molar refractivity (Wildman–Crippen MR) is 218 cm³/mol. The highest BCUT2D eigenvalue weighted by Gasteiger charge is 2.62. The largest absolute Gasteiger partial charge is 0.508 e. The van der Waals surface area contributed by atoms with Gasteiger partial charge in [0.1, 0.15) is 70.2 Å². The summed E-state index contributed by atoms with van der Waals surface area (Å²) in [5.74, 6) is -10.3. The van der Waals surface area contributed by atoms with Crippen molar-refractivity contribution in [2.45, 2.75) is 134 Å². The van der Waals surface area contributed by atoms with Crippen molar-refractivity contribution < 1.29 is 97.4 Å². The molecule has 0 aromatic rings. The monoisotopic (exact) mass is 935 g/mol. The van der Waals surface area contributed by atoms with E-state index in [1.807, 2.05) is 0 Å². The number of ether oxygens (including phenoxy) is 7. The number of allylic oxidation sites excluding steroid dienone is 1. The van der Waals surface area contributed by atoms with E-state index in [4.69, 9.17) is 50.8 Å². The van der Waals surface area contributed by atoms with Crippen molar-refractivity contribution in [1.29, 1.82) is 5.41 Å². The summed E-state index contributed by atoms with van der Waals surface area (Å²) in [4.78, 5) is 86.7. The lowest BCUT2D eigenvalue weighted by Crippen LogP contribution is -2.70. The standard InChI is InChI=1S/C38H53N3O20S2/c1-9-19(41-36(62)63-13-20(32(47)48)40-17(6)42)35(52)61-28-22(12-56-18(7)43)59-31(37(53)11-21(44)26(39)25(30(37)46)33(49)50)27(45)29(28)60-24-10-23(55-8)38(54,15(4)57-24)16(5)58-34(51)14(2)3/h9,14-16,20,22-24,27-29,31,39,45-46,53-54H,10-13H2,1-8H3,(H,40,42)(H,41,62)(H,47,48)(H,49,50). The highest BCUT2D eigenvalue weighted by molar-refractivity contribution is 8.23. The number of carboxylic acids is 2. The highest BCUT2D eigenvalue weighted by atomic mass is 32.2. The second-order valence-corrected chi connectivity index (χ2v) is 16.8. The van der Waals surface area contributed by atoms with E-state index in [9.17, 15) is 64.2 Å². The van der Waals surface area contributed by atoms with Gasteiger partial charge in [-0.25, -0.2) is 14.4 Å². The zero-order valence-corrected chi connectivity index (χ0v) is 37.1. The third-order valence-corrected chi connectivity index (χ3v) is 11.7. The van der Waals surface area contributed by atoms with Gasteiger partial charge in [-0.05, 0) is 20.8 Å². The Labute approximate surface area is 370 Å². The van der Waals surface area contributed by atoms with Gasteiger partial charge in [-0.15, -0.1) is 0 Å². The Morgan fingerprint density at radius 1 is 1.08 bits per heavy atom. The number of thiocarbonyl (C=S) groups is 1. The lowest BCUT2D eigenvalue weighted by Gasteiger charge is -2.52. The molecule has 12 unspecified atom stereocenters. The minimum atomic E-state index is -3.10. The van der Waals surface area contributed by atoms with Crippen LogP contribution in [0.3, 0.4) is 0 Å². The van der Waals surface area contributed by atoms with Crippen molar-refractivity contribution in [3.8, 4) is 0 Å². The SMILES string of the molecule is CC=C(NC(=S)SCC(NC(C)=O)C(=O)O)C(=O)OC1C(COC(C)=O)OC(C2(O)CC(=O)C(=N)C(C(=O)O)=C2O)C(O)C1OC1CC(OC)C(O)(C(C)OC(=O)C(C)C)C(C)O1. The number of esters is 3. The number of methoxy groups -OCH3 is 1. The van der Waals surface area contributed by atoms with Crippen LogP contribution in [0.25, 0.3) is 0 Å². The van der Waals surface area contributed by atoms with E-state index in [0.29, 0.717) is 0 Å². The van der Waals surface area contributed by atoms with Crippen molar-refractivity contribution in [3.63, 3.8) is 0 Å². The van der Waals surface area contributed by atoms with Crippen LogP contribution in [0.5, 0.6) is 0 Å². The number of carbonyl (C=O) groups excluding carboxylic acids is 5. The third kappa shape index (κ3) is 12.2. The molecular weight excluding hydrogens is 883 g/mol. The summed E-state index contributed by atoms with van der Waals surface area (Å²) in [5.41, 5.74) is -7.97. The fourth-order valence-electron chi connectivity index (χ4n) is 7.00. The van der Waals surface area contributed by atoms with Crippen LogP contribution in [-0.2, 0) is 66.7 Å². The van der Waals surface area contributed by atoms with Gasteiger partial charge in [0.2, 0.25) is 5.91 Å². The quantitative estimate of drug-likeness (QED) is 0.0372. The van der Waals surface area contributed by atoms with Gasteiger partial charge in [-0.3, -0.25) is 24.6 Å². The Balaban J connectivity index is 2.11. The first-order valence-corrected chi connectivity index (χ1v) is 20.7. The molecule has 25 heteroatoms. The van der Waals surface area contributed by atoms with Crippen LogP contribution in [-0.4, -0.2) is 174 Å². The number of Topliss-reactive ketones (excluding diaryl/α,β-unsaturated/α-hetero) is 1. The van der Waals surface area contributed by atoms with Gasteiger partial charge >= 0.3 is 29.8 Å². The van der Waals surface area contributed by atoms with E-state index < -0.39 is 150 Å². The van der Waals surface area contributed by atoms with Crippen LogP contribution in [0.15, 0.2) is 23.1 Å². The number of aliphatic hydroxyl groups is 4. The van der Waals surface area contributed by atoms with E-state index in [1.165, 1.54) is 34.0 Å². The fraction of sp³-hybridized carbons (Fsp3) is 0.658. The molecule has 2 saturated heterocycles. The maximum absolute atomic E-state index is 13.9. The van der Waals surface area contributed by atoms with E-state index in [1.54, 1.807) is 13.8 Å². The zero-order chi connectivity index (χ0) is 47.9. The molecule has 3 rings (SSSR count). The molecule has 23 nitrogen and oxygen atoms in total. The molecule has 9 N–H and O–H groups in total. The summed E-state index contributed by atoms with van der Waals surface area (Å²) in [7, 11) is 1.24. The Morgan fingerprint density at radius 2 is 1.71 bits per heavy atom. The normalized spacial score (nSPS) is 31.1. The number of rotatable bonds is 17. The van der Waals surface area contributed by atoms with E-state index in [0.717, 1.165) is 25.6 Å². The number of carboxylic acid groups (broad SMARTS) is 2. The van der Waals surface area contributed by atoms with Crippen LogP contribution in [0.2, 0.25) is 0 Å². The highest BCUT2D eigenvalue weighted by Crippen LogP contribution is 2.42. The molecule has 2 fully saturated rings. The second kappa shape index (κ2) is 21.9. The Bertz CT molecular complexity index is 1890. The molecule has 12 atom stereocenters. The predicted octanol–water partition coefficient (Wildman–Crippen LogP) is -0.835. The number of hydrogen-bond donors (Lipinski definition) is 9. The molecular formula is C38H53N3O20S2. The molecule has 1 aliphatic carbocycles. The van der Waals surface area contributed by atoms with Crippen LogP contribution < -0.4 is 10.6 Å². The van der Waals surface area contributed by atoms with Gasteiger partial charge in [0.05, 0.1) is 24.5 Å². The van der Waals surface area contributed by atoms with Gasteiger partial charge in [0, 0.05) is 33.1 Å². The Morgan fingerprint density at radius 3 is 2.24 bits per heavy atom. The van der Waals surface area contributed by atoms with Crippen LogP contribution in [0.1, 0.15) is 61.3 Å². The fourth-order valence-corrected chi connectivity index (χ4v) is 8.04. The number of hydrogen-bond acceptors (Lipinski definition) is 21. The van der Waals surface area contributed by atoms with Crippen molar-refractivity contribution in [1.82, 2.24) is 10.6 Å². The molecule has 0 bridgehead atoms. The average Bonchev–Trinajstić information content (AvgIpc) is 3.19. The lowest BCUT2D eigenvalue weighted by atomic mass is 9.74. The minimum Gasteiger partial charge on any atom is -0.508 e. The summed E-state index contributed by atoms with van der Waals surface area (Å²) in [6, 6.07) is -1.36.